The smallest absolute Gasteiger partial charge is 0.410 e. The van der Waals surface area contributed by atoms with Gasteiger partial charge in [-0.2, -0.15) is 0 Å². The van der Waals surface area contributed by atoms with E-state index in [2.05, 4.69) is 19.6 Å². The number of ether oxygens (including phenoxy) is 2. The Kier molecular flexibility index (Phi) is 8.41. The third-order valence-electron chi connectivity index (χ3n) is 4.11. The second-order valence-corrected chi connectivity index (χ2v) is 14.7. The Morgan fingerprint density at radius 2 is 1.79 bits per heavy atom. The fourth-order valence-electron chi connectivity index (χ4n) is 2.44. The van der Waals surface area contributed by atoms with E-state index in [9.17, 15) is 14.4 Å². The molecular formula is C21H33NO5Si. The van der Waals surface area contributed by atoms with E-state index in [1.807, 2.05) is 0 Å². The van der Waals surface area contributed by atoms with E-state index in [-0.39, 0.29) is 6.42 Å². The van der Waals surface area contributed by atoms with Crippen LogP contribution in [0.25, 0.3) is 0 Å². The summed E-state index contributed by atoms with van der Waals surface area (Å²) in [7, 11) is 0.159. The van der Waals surface area contributed by atoms with Crippen LogP contribution in [0.3, 0.4) is 0 Å². The average Bonchev–Trinajstić information content (AvgIpc) is 2.56. The summed E-state index contributed by atoms with van der Waals surface area (Å²) >= 11 is 0. The van der Waals surface area contributed by atoms with E-state index in [0.717, 1.165) is 12.3 Å². The van der Waals surface area contributed by atoms with Crippen molar-refractivity contribution in [2.75, 3.05) is 13.7 Å². The van der Waals surface area contributed by atoms with Gasteiger partial charge in [-0.05, 0) is 32.4 Å². The first kappa shape index (κ1) is 23.9. The van der Waals surface area contributed by atoms with Crippen molar-refractivity contribution in [1.82, 2.24) is 4.90 Å². The lowest BCUT2D eigenvalue weighted by Gasteiger charge is -2.30. The number of hydrogen-bond acceptors (Lipinski definition) is 5. The number of likely N-dealkylation sites (N-methyl/N-ethyl adjacent to an activating group) is 1. The minimum Gasteiger partial charge on any atom is -0.464 e. The summed E-state index contributed by atoms with van der Waals surface area (Å²) in [5.74, 6) is -0.493. The third-order valence-corrected chi connectivity index (χ3v) is 5.82. The fraction of sp³-hybridized carbons (Fsp3) is 0.571. The number of carbonyl (C=O) groups is 3. The Hall–Kier alpha value is -2.15. The predicted molar refractivity (Wildman–Crippen MR) is 112 cm³/mol. The first-order valence-corrected chi connectivity index (χ1v) is 13.2. The van der Waals surface area contributed by atoms with Crippen LogP contribution in [-0.4, -0.2) is 56.6 Å². The molecule has 0 unspecified atom stereocenters. The van der Waals surface area contributed by atoms with Crippen molar-refractivity contribution >= 4 is 26.4 Å². The van der Waals surface area contributed by atoms with Crippen LogP contribution in [0, 0.1) is 0 Å². The lowest BCUT2D eigenvalue weighted by Crippen LogP contribution is -2.47. The van der Waals surface area contributed by atoms with Crippen LogP contribution in [-0.2, 0) is 20.7 Å². The molecule has 6 nitrogen and oxygen atoms in total. The Morgan fingerprint density at radius 1 is 1.18 bits per heavy atom. The van der Waals surface area contributed by atoms with Gasteiger partial charge in [0.25, 0.3) is 0 Å². The molecule has 7 heteroatoms. The number of hydrogen-bond donors (Lipinski definition) is 0. The fourth-order valence-corrected chi connectivity index (χ4v) is 3.15. The maximum atomic E-state index is 12.8. The third kappa shape index (κ3) is 8.25. The number of aldehydes is 1. The zero-order chi connectivity index (χ0) is 21.5. The van der Waals surface area contributed by atoms with Gasteiger partial charge in [-0.3, -0.25) is 9.69 Å². The molecule has 1 amide bonds. The number of carbonyl (C=O) groups excluding carboxylic acids is 3. The number of amides is 1. The van der Waals surface area contributed by atoms with E-state index in [4.69, 9.17) is 9.47 Å². The van der Waals surface area contributed by atoms with Gasteiger partial charge < -0.3 is 9.47 Å². The molecule has 1 aromatic carbocycles. The first-order chi connectivity index (χ1) is 12.8. The number of benzene rings is 1. The van der Waals surface area contributed by atoms with E-state index in [0.29, 0.717) is 17.7 Å². The molecule has 0 bridgehead atoms. The van der Waals surface area contributed by atoms with Crippen molar-refractivity contribution in [2.45, 2.75) is 64.5 Å². The lowest BCUT2D eigenvalue weighted by atomic mass is 10.0. The molecule has 28 heavy (non-hydrogen) atoms. The van der Waals surface area contributed by atoms with Crippen molar-refractivity contribution in [3.05, 3.63) is 35.4 Å². The summed E-state index contributed by atoms with van der Waals surface area (Å²) in [5, 5.41) is 0. The van der Waals surface area contributed by atoms with Gasteiger partial charge in [0, 0.05) is 27.1 Å². The van der Waals surface area contributed by atoms with Crippen molar-refractivity contribution in [3.8, 4) is 0 Å². The van der Waals surface area contributed by atoms with E-state index >= 15 is 0 Å². The van der Waals surface area contributed by atoms with Crippen molar-refractivity contribution < 1.29 is 23.9 Å². The molecule has 0 aliphatic heterocycles. The predicted octanol–water partition coefficient (Wildman–Crippen LogP) is 4.16. The normalized spacial score (nSPS) is 12.8. The van der Waals surface area contributed by atoms with E-state index in [1.54, 1.807) is 45.0 Å². The van der Waals surface area contributed by atoms with Gasteiger partial charge in [-0.15, -0.1) is 0 Å². The van der Waals surface area contributed by atoms with Crippen LogP contribution >= 0.6 is 0 Å². The largest absolute Gasteiger partial charge is 0.464 e. The van der Waals surface area contributed by atoms with Gasteiger partial charge in [0.2, 0.25) is 0 Å². The molecule has 0 heterocycles. The second-order valence-electron chi connectivity index (χ2n) is 9.11. The lowest BCUT2D eigenvalue weighted by molar-refractivity contribution is -0.148. The molecule has 0 fully saturated rings. The highest BCUT2D eigenvalue weighted by atomic mass is 28.3. The highest BCUT2D eigenvalue weighted by Crippen LogP contribution is 2.17. The summed E-state index contributed by atoms with van der Waals surface area (Å²) < 4.78 is 10.9. The first-order valence-electron chi connectivity index (χ1n) is 9.49. The second kappa shape index (κ2) is 9.86. The summed E-state index contributed by atoms with van der Waals surface area (Å²) in [6.45, 7) is 12.2. The van der Waals surface area contributed by atoms with Gasteiger partial charge in [-0.25, -0.2) is 9.59 Å². The van der Waals surface area contributed by atoms with Crippen LogP contribution < -0.4 is 0 Å². The van der Waals surface area contributed by atoms with E-state index < -0.39 is 31.8 Å². The highest BCUT2D eigenvalue weighted by Gasteiger charge is 2.32. The van der Waals surface area contributed by atoms with Crippen molar-refractivity contribution in [2.24, 2.45) is 0 Å². The molecule has 0 radical (unpaired) electrons. The minimum atomic E-state index is -1.36. The zero-order valence-corrected chi connectivity index (χ0v) is 19.1. The Labute approximate surface area is 169 Å². The maximum Gasteiger partial charge on any atom is 0.410 e. The van der Waals surface area contributed by atoms with Crippen LogP contribution in [0.2, 0.25) is 25.7 Å². The molecule has 0 saturated carbocycles. The molecule has 156 valence electrons. The molecule has 0 N–H and O–H groups in total. The number of esters is 1. The molecular weight excluding hydrogens is 374 g/mol. The van der Waals surface area contributed by atoms with Gasteiger partial charge in [0.05, 0.1) is 6.61 Å². The Bertz CT molecular complexity index is 691. The SMILES string of the molecule is CN(C(=O)OC(C)(C)C)[C@H](Cc1ccccc1C=O)C(=O)OCC[Si](C)(C)C. The molecule has 0 saturated heterocycles. The van der Waals surface area contributed by atoms with Gasteiger partial charge >= 0.3 is 12.1 Å². The standard InChI is InChI=1S/C21H33NO5Si/c1-21(2,3)27-20(25)22(4)18(19(24)26-12-13-28(5,6)7)14-16-10-8-9-11-17(16)15-23/h8-11,15,18H,12-14H2,1-7H3/t18-/m1/s1. The summed E-state index contributed by atoms with van der Waals surface area (Å²) in [5.41, 5.74) is 0.485. The summed E-state index contributed by atoms with van der Waals surface area (Å²) in [6.07, 6.45) is 0.315. The zero-order valence-electron chi connectivity index (χ0n) is 18.1. The molecule has 1 rings (SSSR count). The number of rotatable bonds is 8. The summed E-state index contributed by atoms with van der Waals surface area (Å²) in [4.78, 5) is 37.9. The Balaban J connectivity index is 3.03. The average molecular weight is 408 g/mol. The maximum absolute atomic E-state index is 12.8. The quantitative estimate of drug-likeness (QED) is 0.367. The highest BCUT2D eigenvalue weighted by molar-refractivity contribution is 6.76. The van der Waals surface area contributed by atoms with Crippen LogP contribution in [0.15, 0.2) is 24.3 Å². The molecule has 1 aromatic rings. The molecule has 1 atom stereocenters. The topological polar surface area (TPSA) is 72.9 Å². The van der Waals surface area contributed by atoms with Crippen molar-refractivity contribution in [1.29, 1.82) is 0 Å². The van der Waals surface area contributed by atoms with Crippen LogP contribution in [0.4, 0.5) is 4.79 Å². The monoisotopic (exact) mass is 407 g/mol. The molecule has 0 spiro atoms. The van der Waals surface area contributed by atoms with Crippen molar-refractivity contribution in [3.63, 3.8) is 0 Å². The Morgan fingerprint density at radius 3 is 2.32 bits per heavy atom. The molecule has 0 aliphatic carbocycles. The summed E-state index contributed by atoms with van der Waals surface area (Å²) in [6, 6.07) is 6.97. The van der Waals surface area contributed by atoms with Crippen LogP contribution in [0.1, 0.15) is 36.7 Å². The molecule has 0 aromatic heterocycles. The van der Waals surface area contributed by atoms with E-state index in [1.165, 1.54) is 11.9 Å². The van der Waals surface area contributed by atoms with Gasteiger partial charge in [0.1, 0.15) is 17.9 Å². The number of nitrogens with zero attached hydrogens (tertiary/aromatic N) is 1. The van der Waals surface area contributed by atoms with Gasteiger partial charge in [0.15, 0.2) is 0 Å². The van der Waals surface area contributed by atoms with Crippen LogP contribution in [0.5, 0.6) is 0 Å². The minimum absolute atomic E-state index is 0.177. The molecule has 0 aliphatic rings. The van der Waals surface area contributed by atoms with Gasteiger partial charge in [-0.1, -0.05) is 43.9 Å².